The Morgan fingerprint density at radius 1 is 1.21 bits per heavy atom. The van der Waals surface area contributed by atoms with Crippen LogP contribution in [0.2, 0.25) is 10.0 Å². The quantitative estimate of drug-likeness (QED) is 0.721. The SMILES string of the molecule is Clc1ccc(Cl)c(Cc2nc(-c3ccsc3)c[nH]2)c1. The Hall–Kier alpha value is -1.29. The lowest BCUT2D eigenvalue weighted by Crippen LogP contribution is -1.92. The van der Waals surface area contributed by atoms with Gasteiger partial charge in [0.1, 0.15) is 5.82 Å². The van der Waals surface area contributed by atoms with Crippen molar-refractivity contribution in [3.8, 4) is 11.3 Å². The van der Waals surface area contributed by atoms with E-state index in [1.54, 1.807) is 17.4 Å². The second kappa shape index (κ2) is 5.37. The van der Waals surface area contributed by atoms with E-state index in [2.05, 4.69) is 21.4 Å². The van der Waals surface area contributed by atoms with E-state index >= 15 is 0 Å². The van der Waals surface area contributed by atoms with Crippen molar-refractivity contribution in [1.29, 1.82) is 0 Å². The lowest BCUT2D eigenvalue weighted by atomic mass is 10.1. The number of thiophene rings is 1. The number of nitrogens with one attached hydrogen (secondary N) is 1. The van der Waals surface area contributed by atoms with Gasteiger partial charge < -0.3 is 4.98 Å². The number of hydrogen-bond donors (Lipinski definition) is 1. The fourth-order valence-electron chi connectivity index (χ4n) is 1.87. The van der Waals surface area contributed by atoms with Gasteiger partial charge in [0.05, 0.1) is 5.69 Å². The van der Waals surface area contributed by atoms with Gasteiger partial charge in [0.15, 0.2) is 0 Å². The molecule has 2 nitrogen and oxygen atoms in total. The summed E-state index contributed by atoms with van der Waals surface area (Å²) >= 11 is 13.8. The number of aromatic amines is 1. The largest absolute Gasteiger partial charge is 0.348 e. The highest BCUT2D eigenvalue weighted by atomic mass is 35.5. The summed E-state index contributed by atoms with van der Waals surface area (Å²) in [5.74, 6) is 0.880. The Labute approximate surface area is 125 Å². The van der Waals surface area contributed by atoms with Gasteiger partial charge in [-0.15, -0.1) is 0 Å². The minimum absolute atomic E-state index is 0.642. The minimum Gasteiger partial charge on any atom is -0.348 e. The van der Waals surface area contributed by atoms with Crippen LogP contribution in [0.5, 0.6) is 0 Å². The Bertz CT molecular complexity index is 689. The highest BCUT2D eigenvalue weighted by Gasteiger charge is 2.08. The van der Waals surface area contributed by atoms with Crippen LogP contribution in [0.3, 0.4) is 0 Å². The molecule has 0 aliphatic heterocycles. The summed E-state index contributed by atoms with van der Waals surface area (Å²) in [5.41, 5.74) is 3.06. The number of imidazole rings is 1. The number of rotatable bonds is 3. The fourth-order valence-corrected chi connectivity index (χ4v) is 2.90. The second-order valence-corrected chi connectivity index (χ2v) is 5.78. The molecule has 0 atom stereocenters. The first kappa shape index (κ1) is 12.7. The zero-order valence-corrected chi connectivity index (χ0v) is 12.2. The molecule has 0 aliphatic carbocycles. The van der Waals surface area contributed by atoms with Crippen LogP contribution in [0.25, 0.3) is 11.3 Å². The van der Waals surface area contributed by atoms with E-state index in [1.165, 1.54) is 0 Å². The molecule has 0 spiro atoms. The lowest BCUT2D eigenvalue weighted by Gasteiger charge is -2.02. The van der Waals surface area contributed by atoms with Crippen LogP contribution in [0, 0.1) is 0 Å². The van der Waals surface area contributed by atoms with Gasteiger partial charge in [-0.2, -0.15) is 11.3 Å². The highest BCUT2D eigenvalue weighted by Crippen LogP contribution is 2.24. The average Bonchev–Trinajstić information content (AvgIpc) is 3.04. The Morgan fingerprint density at radius 3 is 2.89 bits per heavy atom. The molecule has 19 heavy (non-hydrogen) atoms. The molecule has 0 saturated carbocycles. The number of H-pyrrole nitrogens is 1. The third-order valence-electron chi connectivity index (χ3n) is 2.81. The van der Waals surface area contributed by atoms with E-state index < -0.39 is 0 Å². The zero-order chi connectivity index (χ0) is 13.2. The van der Waals surface area contributed by atoms with Crippen molar-refractivity contribution in [3.05, 3.63) is 62.7 Å². The van der Waals surface area contributed by atoms with Crippen LogP contribution in [-0.4, -0.2) is 9.97 Å². The first-order valence-electron chi connectivity index (χ1n) is 5.73. The monoisotopic (exact) mass is 308 g/mol. The van der Waals surface area contributed by atoms with E-state index in [4.69, 9.17) is 23.2 Å². The molecule has 1 aromatic carbocycles. The van der Waals surface area contributed by atoms with Crippen LogP contribution < -0.4 is 0 Å². The van der Waals surface area contributed by atoms with Crippen molar-refractivity contribution in [1.82, 2.24) is 9.97 Å². The molecule has 0 bridgehead atoms. The van der Waals surface area contributed by atoms with E-state index in [1.807, 2.05) is 23.7 Å². The summed E-state index contributed by atoms with van der Waals surface area (Å²) in [6.07, 6.45) is 2.55. The lowest BCUT2D eigenvalue weighted by molar-refractivity contribution is 1.03. The summed E-state index contributed by atoms with van der Waals surface area (Å²) < 4.78 is 0. The number of benzene rings is 1. The molecule has 0 unspecified atom stereocenters. The third-order valence-corrected chi connectivity index (χ3v) is 4.10. The molecule has 96 valence electrons. The zero-order valence-electron chi connectivity index (χ0n) is 9.86. The standard InChI is InChI=1S/C14H10Cl2N2S/c15-11-1-2-12(16)10(5-11)6-14-17-7-13(18-14)9-3-4-19-8-9/h1-5,7-8H,6H2,(H,17,18). The van der Waals surface area contributed by atoms with Crippen molar-refractivity contribution in [2.45, 2.75) is 6.42 Å². The number of nitrogens with zero attached hydrogens (tertiary/aromatic N) is 1. The maximum Gasteiger partial charge on any atom is 0.111 e. The molecule has 3 rings (SSSR count). The van der Waals surface area contributed by atoms with Crippen LogP contribution in [-0.2, 0) is 6.42 Å². The summed E-state index contributed by atoms with van der Waals surface area (Å²) in [7, 11) is 0. The van der Waals surface area contributed by atoms with Gasteiger partial charge in [0, 0.05) is 33.6 Å². The minimum atomic E-state index is 0.642. The van der Waals surface area contributed by atoms with E-state index in [-0.39, 0.29) is 0 Å². The predicted molar refractivity (Wildman–Crippen MR) is 81.2 cm³/mol. The van der Waals surface area contributed by atoms with Gasteiger partial charge in [-0.25, -0.2) is 4.98 Å². The second-order valence-electron chi connectivity index (χ2n) is 4.16. The maximum absolute atomic E-state index is 6.15. The van der Waals surface area contributed by atoms with Gasteiger partial charge in [0.25, 0.3) is 0 Å². The topological polar surface area (TPSA) is 28.7 Å². The Balaban J connectivity index is 1.86. The molecule has 0 radical (unpaired) electrons. The molecule has 0 fully saturated rings. The molecule has 2 heterocycles. The predicted octanol–water partition coefficient (Wildman–Crippen LogP) is 5.04. The molecule has 5 heteroatoms. The normalized spacial score (nSPS) is 10.8. The molecule has 0 aliphatic rings. The van der Waals surface area contributed by atoms with Crippen LogP contribution in [0.15, 0.2) is 41.2 Å². The molecular formula is C14H10Cl2N2S. The average molecular weight is 309 g/mol. The molecule has 0 amide bonds. The summed E-state index contributed by atoms with van der Waals surface area (Å²) in [6, 6.07) is 7.52. The van der Waals surface area contributed by atoms with Crippen molar-refractivity contribution < 1.29 is 0 Å². The first-order valence-corrected chi connectivity index (χ1v) is 7.43. The molecule has 0 saturated heterocycles. The number of aromatic nitrogens is 2. The van der Waals surface area contributed by atoms with Gasteiger partial charge in [-0.3, -0.25) is 0 Å². The van der Waals surface area contributed by atoms with Gasteiger partial charge in [-0.05, 0) is 35.2 Å². The van der Waals surface area contributed by atoms with Crippen molar-refractivity contribution in [2.24, 2.45) is 0 Å². The van der Waals surface area contributed by atoms with Crippen molar-refractivity contribution >= 4 is 34.5 Å². The maximum atomic E-state index is 6.15. The van der Waals surface area contributed by atoms with E-state index in [0.717, 1.165) is 22.6 Å². The fraction of sp³-hybridized carbons (Fsp3) is 0.0714. The molecule has 2 aromatic heterocycles. The summed E-state index contributed by atoms with van der Waals surface area (Å²) in [6.45, 7) is 0. The van der Waals surface area contributed by atoms with Crippen molar-refractivity contribution in [2.75, 3.05) is 0 Å². The van der Waals surface area contributed by atoms with Crippen LogP contribution >= 0.6 is 34.5 Å². The van der Waals surface area contributed by atoms with Crippen molar-refractivity contribution in [3.63, 3.8) is 0 Å². The smallest absolute Gasteiger partial charge is 0.111 e. The molecule has 1 N–H and O–H groups in total. The highest BCUT2D eigenvalue weighted by molar-refractivity contribution is 7.08. The van der Waals surface area contributed by atoms with Gasteiger partial charge in [-0.1, -0.05) is 23.2 Å². The first-order chi connectivity index (χ1) is 9.22. The Morgan fingerprint density at radius 2 is 2.11 bits per heavy atom. The van der Waals surface area contributed by atoms with Crippen LogP contribution in [0.1, 0.15) is 11.4 Å². The van der Waals surface area contributed by atoms with Gasteiger partial charge in [0.2, 0.25) is 0 Å². The summed E-state index contributed by atoms with van der Waals surface area (Å²) in [4.78, 5) is 7.75. The molecular weight excluding hydrogens is 299 g/mol. The third kappa shape index (κ3) is 2.84. The molecule has 3 aromatic rings. The van der Waals surface area contributed by atoms with E-state index in [0.29, 0.717) is 16.5 Å². The van der Waals surface area contributed by atoms with Gasteiger partial charge >= 0.3 is 0 Å². The Kier molecular flexibility index (Phi) is 3.60. The number of halogens is 2. The van der Waals surface area contributed by atoms with E-state index in [9.17, 15) is 0 Å². The number of hydrogen-bond acceptors (Lipinski definition) is 2. The van der Waals surface area contributed by atoms with Crippen LogP contribution in [0.4, 0.5) is 0 Å². The summed E-state index contributed by atoms with van der Waals surface area (Å²) in [5, 5.41) is 5.51.